The Morgan fingerprint density at radius 3 is 3.06 bits per heavy atom. The van der Waals surface area contributed by atoms with Gasteiger partial charge in [0.2, 0.25) is 5.91 Å². The van der Waals surface area contributed by atoms with Gasteiger partial charge in [-0.1, -0.05) is 17.7 Å². The highest BCUT2D eigenvalue weighted by molar-refractivity contribution is 6.35. The number of hydrogen-bond acceptors (Lipinski definition) is 2. The molecular weight excluding hydrogens is 250 g/mol. The maximum atomic E-state index is 11.8. The second-order valence-electron chi connectivity index (χ2n) is 4.36. The van der Waals surface area contributed by atoms with Crippen LogP contribution in [0.25, 0.3) is 10.9 Å². The lowest BCUT2D eigenvalue weighted by atomic mass is 10.1. The van der Waals surface area contributed by atoms with Gasteiger partial charge in [0.1, 0.15) is 0 Å². The van der Waals surface area contributed by atoms with Crippen molar-refractivity contribution in [3.05, 3.63) is 35.0 Å². The van der Waals surface area contributed by atoms with Crippen LogP contribution >= 0.6 is 11.6 Å². The first kappa shape index (κ1) is 12.9. The van der Waals surface area contributed by atoms with E-state index in [9.17, 15) is 4.79 Å². The third kappa shape index (κ3) is 2.66. The molecule has 0 fully saturated rings. The lowest BCUT2D eigenvalue weighted by Crippen LogP contribution is -2.38. The van der Waals surface area contributed by atoms with E-state index in [0.717, 1.165) is 16.5 Å². The van der Waals surface area contributed by atoms with Crippen molar-refractivity contribution in [3.8, 4) is 0 Å². The number of hydrogen-bond donors (Lipinski definition) is 3. The van der Waals surface area contributed by atoms with E-state index in [1.807, 2.05) is 31.3 Å². The average Bonchev–Trinajstić information content (AvgIpc) is 2.73. The molecule has 2 rings (SSSR count). The summed E-state index contributed by atoms with van der Waals surface area (Å²) in [6.45, 7) is 2.31. The fourth-order valence-corrected chi connectivity index (χ4v) is 2.20. The molecule has 0 spiro atoms. The minimum absolute atomic E-state index is 0.0156. The number of benzene rings is 1. The zero-order valence-electron chi connectivity index (χ0n) is 10.2. The normalized spacial score (nSPS) is 12.6. The maximum Gasteiger partial charge on any atom is 0.224 e. The van der Waals surface area contributed by atoms with Gasteiger partial charge in [0.05, 0.1) is 11.4 Å². The van der Waals surface area contributed by atoms with Crippen LogP contribution in [0.5, 0.6) is 0 Å². The van der Waals surface area contributed by atoms with E-state index in [2.05, 4.69) is 10.3 Å². The van der Waals surface area contributed by atoms with Gasteiger partial charge in [-0.15, -0.1) is 0 Å². The van der Waals surface area contributed by atoms with E-state index < -0.39 is 0 Å². The van der Waals surface area contributed by atoms with Crippen LogP contribution in [0, 0.1) is 0 Å². The fourth-order valence-electron chi connectivity index (χ4n) is 1.90. The van der Waals surface area contributed by atoms with Gasteiger partial charge in [0, 0.05) is 29.7 Å². The monoisotopic (exact) mass is 265 g/mol. The highest BCUT2D eigenvalue weighted by atomic mass is 35.5. The molecule has 0 aliphatic heterocycles. The number of H-pyrrole nitrogens is 1. The molecule has 1 atom stereocenters. The van der Waals surface area contributed by atoms with Crippen LogP contribution in [0.15, 0.2) is 24.4 Å². The lowest BCUT2D eigenvalue weighted by molar-refractivity contribution is -0.120. The minimum atomic E-state index is -0.0474. The molecule has 0 aliphatic carbocycles. The van der Waals surface area contributed by atoms with Gasteiger partial charge in [0.15, 0.2) is 0 Å². The first-order chi connectivity index (χ1) is 8.61. The number of halogens is 1. The molecule has 1 amide bonds. The summed E-state index contributed by atoms with van der Waals surface area (Å²) in [6, 6.07) is 5.62. The third-order valence-corrected chi connectivity index (χ3v) is 3.16. The van der Waals surface area contributed by atoms with Gasteiger partial charge < -0.3 is 16.0 Å². The van der Waals surface area contributed by atoms with Crippen molar-refractivity contribution in [1.29, 1.82) is 0 Å². The Morgan fingerprint density at radius 1 is 1.56 bits per heavy atom. The summed E-state index contributed by atoms with van der Waals surface area (Å²) in [7, 11) is 0. The van der Waals surface area contributed by atoms with Crippen LogP contribution in [0.4, 0.5) is 0 Å². The van der Waals surface area contributed by atoms with Gasteiger partial charge in [-0.3, -0.25) is 4.79 Å². The minimum Gasteiger partial charge on any atom is -0.361 e. The van der Waals surface area contributed by atoms with Crippen LogP contribution in [0.2, 0.25) is 5.02 Å². The van der Waals surface area contributed by atoms with Gasteiger partial charge in [-0.25, -0.2) is 0 Å². The predicted molar refractivity (Wildman–Crippen MR) is 73.7 cm³/mol. The van der Waals surface area contributed by atoms with Crippen molar-refractivity contribution >= 4 is 28.4 Å². The SMILES string of the molecule is CC(CN)NC(=O)Cc1c[nH]c2cccc(Cl)c12. The van der Waals surface area contributed by atoms with Crippen molar-refractivity contribution < 1.29 is 4.79 Å². The number of carbonyl (C=O) groups excluding carboxylic acids is 1. The topological polar surface area (TPSA) is 70.9 Å². The number of carbonyl (C=O) groups is 1. The highest BCUT2D eigenvalue weighted by Gasteiger charge is 2.12. The molecular formula is C13H16ClN3O. The van der Waals surface area contributed by atoms with Gasteiger partial charge in [-0.05, 0) is 24.6 Å². The number of nitrogens with two attached hydrogens (primary N) is 1. The van der Waals surface area contributed by atoms with E-state index in [0.29, 0.717) is 18.0 Å². The zero-order valence-corrected chi connectivity index (χ0v) is 10.9. The van der Waals surface area contributed by atoms with E-state index in [-0.39, 0.29) is 11.9 Å². The van der Waals surface area contributed by atoms with Crippen molar-refractivity contribution in [2.24, 2.45) is 5.73 Å². The number of aromatic nitrogens is 1. The Labute approximate surface area is 111 Å². The molecule has 2 aromatic rings. The molecule has 1 aromatic carbocycles. The zero-order chi connectivity index (χ0) is 13.1. The summed E-state index contributed by atoms with van der Waals surface area (Å²) in [5.74, 6) is -0.0474. The van der Waals surface area contributed by atoms with Crippen LogP contribution < -0.4 is 11.1 Å². The molecule has 1 heterocycles. The largest absolute Gasteiger partial charge is 0.361 e. The highest BCUT2D eigenvalue weighted by Crippen LogP contribution is 2.26. The molecule has 0 bridgehead atoms. The second-order valence-corrected chi connectivity index (χ2v) is 4.76. The van der Waals surface area contributed by atoms with Crippen molar-refractivity contribution in [2.45, 2.75) is 19.4 Å². The summed E-state index contributed by atoms with van der Waals surface area (Å²) in [5.41, 5.74) is 7.31. The molecule has 4 nitrogen and oxygen atoms in total. The smallest absolute Gasteiger partial charge is 0.224 e. The molecule has 0 aliphatic rings. The van der Waals surface area contributed by atoms with Crippen molar-refractivity contribution in [1.82, 2.24) is 10.3 Å². The van der Waals surface area contributed by atoms with E-state index >= 15 is 0 Å². The summed E-state index contributed by atoms with van der Waals surface area (Å²) < 4.78 is 0. The number of rotatable bonds is 4. The van der Waals surface area contributed by atoms with Crippen LogP contribution in [-0.4, -0.2) is 23.5 Å². The second kappa shape index (κ2) is 5.42. The molecule has 4 N–H and O–H groups in total. The summed E-state index contributed by atoms with van der Waals surface area (Å²) in [6.07, 6.45) is 2.12. The standard InChI is InChI=1S/C13H16ClN3O/c1-8(6-15)17-12(18)5-9-7-16-11-4-2-3-10(14)13(9)11/h2-4,7-8,16H,5-6,15H2,1H3,(H,17,18). The van der Waals surface area contributed by atoms with Crippen molar-refractivity contribution in [2.75, 3.05) is 6.54 Å². The fraction of sp³-hybridized carbons (Fsp3) is 0.308. The molecule has 0 saturated heterocycles. The first-order valence-electron chi connectivity index (χ1n) is 5.85. The Kier molecular flexibility index (Phi) is 3.89. The first-order valence-corrected chi connectivity index (χ1v) is 6.23. The van der Waals surface area contributed by atoms with Gasteiger partial charge in [0.25, 0.3) is 0 Å². The Hall–Kier alpha value is -1.52. The molecule has 1 aromatic heterocycles. The lowest BCUT2D eigenvalue weighted by Gasteiger charge is -2.10. The molecule has 0 saturated carbocycles. The molecule has 5 heteroatoms. The molecule has 96 valence electrons. The number of fused-ring (bicyclic) bond motifs is 1. The summed E-state index contributed by atoms with van der Waals surface area (Å²) in [4.78, 5) is 14.9. The Bertz CT molecular complexity index is 564. The van der Waals surface area contributed by atoms with Gasteiger partial charge in [-0.2, -0.15) is 0 Å². The average molecular weight is 266 g/mol. The summed E-state index contributed by atoms with van der Waals surface area (Å²) in [5, 5.41) is 4.40. The van der Waals surface area contributed by atoms with E-state index in [1.54, 1.807) is 0 Å². The summed E-state index contributed by atoms with van der Waals surface area (Å²) >= 11 is 6.15. The predicted octanol–water partition coefficient (Wildman–Crippen LogP) is 1.83. The van der Waals surface area contributed by atoms with Crippen LogP contribution in [0.1, 0.15) is 12.5 Å². The Balaban J connectivity index is 2.19. The molecule has 0 radical (unpaired) electrons. The van der Waals surface area contributed by atoms with Gasteiger partial charge >= 0.3 is 0 Å². The molecule has 18 heavy (non-hydrogen) atoms. The maximum absolute atomic E-state index is 11.8. The quantitative estimate of drug-likeness (QED) is 0.789. The van der Waals surface area contributed by atoms with Crippen molar-refractivity contribution in [3.63, 3.8) is 0 Å². The Morgan fingerprint density at radius 2 is 2.33 bits per heavy atom. The van der Waals surface area contributed by atoms with Crippen LogP contribution in [-0.2, 0) is 11.2 Å². The number of aromatic amines is 1. The number of amides is 1. The van der Waals surface area contributed by atoms with E-state index in [4.69, 9.17) is 17.3 Å². The molecule has 1 unspecified atom stereocenters. The number of nitrogens with one attached hydrogen (secondary N) is 2. The van der Waals surface area contributed by atoms with E-state index in [1.165, 1.54) is 0 Å². The van der Waals surface area contributed by atoms with Crippen LogP contribution in [0.3, 0.4) is 0 Å². The third-order valence-electron chi connectivity index (χ3n) is 2.85.